The molecular formula is C26H21F3N2O3. The van der Waals surface area contributed by atoms with Gasteiger partial charge in [-0.05, 0) is 48.2 Å². The van der Waals surface area contributed by atoms with Crippen LogP contribution in [0.15, 0.2) is 78.5 Å². The maximum absolute atomic E-state index is 13.4. The van der Waals surface area contributed by atoms with Gasteiger partial charge in [0.05, 0.1) is 12.1 Å². The second-order valence-electron chi connectivity index (χ2n) is 7.93. The number of hydrogen-bond donors (Lipinski definition) is 1. The first-order chi connectivity index (χ1) is 16.1. The summed E-state index contributed by atoms with van der Waals surface area (Å²) in [4.78, 5) is 27.9. The molecule has 0 unspecified atom stereocenters. The monoisotopic (exact) mass is 466 g/mol. The van der Waals surface area contributed by atoms with Crippen LogP contribution in [-0.4, -0.2) is 23.1 Å². The Morgan fingerprint density at radius 3 is 2.26 bits per heavy atom. The summed E-state index contributed by atoms with van der Waals surface area (Å²) in [6.45, 7) is 3.89. The topological polar surface area (TPSA) is 58.6 Å². The van der Waals surface area contributed by atoms with Gasteiger partial charge < -0.3 is 10.1 Å². The van der Waals surface area contributed by atoms with E-state index >= 15 is 0 Å². The fraction of sp³-hybridized carbons (Fsp3) is 0.154. The molecule has 5 nitrogen and oxygen atoms in total. The van der Waals surface area contributed by atoms with Gasteiger partial charge in [-0.2, -0.15) is 0 Å². The highest BCUT2D eigenvalue weighted by atomic mass is 19.4. The number of amides is 2. The molecule has 1 heterocycles. The van der Waals surface area contributed by atoms with E-state index < -0.39 is 23.9 Å². The van der Waals surface area contributed by atoms with Crippen LogP contribution in [0.4, 0.5) is 18.9 Å². The maximum Gasteiger partial charge on any atom is 0.573 e. The average molecular weight is 466 g/mol. The predicted molar refractivity (Wildman–Crippen MR) is 122 cm³/mol. The minimum Gasteiger partial charge on any atom is -0.406 e. The van der Waals surface area contributed by atoms with Gasteiger partial charge in [0, 0.05) is 11.8 Å². The zero-order chi connectivity index (χ0) is 24.5. The molecule has 0 fully saturated rings. The van der Waals surface area contributed by atoms with E-state index in [2.05, 4.69) is 10.1 Å². The molecule has 0 saturated carbocycles. The van der Waals surface area contributed by atoms with Crippen LogP contribution in [0.1, 0.15) is 22.3 Å². The number of nitrogens with one attached hydrogen (secondary N) is 1. The third kappa shape index (κ3) is 4.96. The van der Waals surface area contributed by atoms with Crippen molar-refractivity contribution in [2.75, 3.05) is 5.32 Å². The maximum atomic E-state index is 13.4. The van der Waals surface area contributed by atoms with Crippen molar-refractivity contribution < 1.29 is 27.5 Å². The first-order valence-electron chi connectivity index (χ1n) is 10.5. The Kier molecular flexibility index (Phi) is 6.15. The third-order valence-electron chi connectivity index (χ3n) is 5.48. The number of anilines is 1. The molecule has 174 valence electrons. The van der Waals surface area contributed by atoms with Crippen LogP contribution < -0.4 is 10.1 Å². The zero-order valence-electron chi connectivity index (χ0n) is 18.4. The fourth-order valence-corrected chi connectivity index (χ4v) is 3.68. The van der Waals surface area contributed by atoms with Crippen molar-refractivity contribution in [1.29, 1.82) is 0 Å². The van der Waals surface area contributed by atoms with Gasteiger partial charge in [-0.3, -0.25) is 14.5 Å². The zero-order valence-corrected chi connectivity index (χ0v) is 18.4. The van der Waals surface area contributed by atoms with E-state index in [4.69, 9.17) is 0 Å². The minimum atomic E-state index is -4.85. The van der Waals surface area contributed by atoms with E-state index in [1.807, 2.05) is 44.2 Å². The van der Waals surface area contributed by atoms with Gasteiger partial charge in [-0.25, -0.2) is 0 Å². The van der Waals surface area contributed by atoms with Gasteiger partial charge in [0.2, 0.25) is 0 Å². The number of rotatable bonds is 6. The Hall–Kier alpha value is -4.07. The second-order valence-corrected chi connectivity index (χ2v) is 7.93. The van der Waals surface area contributed by atoms with Crippen molar-refractivity contribution in [2.24, 2.45) is 0 Å². The average Bonchev–Trinajstić information content (AvgIpc) is 3.00. The molecule has 0 saturated heterocycles. The standard InChI is InChI=1S/C26H21F3N2O3/c1-16-11-12-19(13-17(16)2)22-23(30-20-9-6-10-21(14-20)34-26(27,28)29)25(33)31(24(22)32)15-18-7-4-3-5-8-18/h3-14,30H,15H2,1-2H3. The Morgan fingerprint density at radius 1 is 0.853 bits per heavy atom. The van der Waals surface area contributed by atoms with Crippen molar-refractivity contribution in [3.63, 3.8) is 0 Å². The molecule has 3 aromatic carbocycles. The summed E-state index contributed by atoms with van der Waals surface area (Å²) in [5.41, 5.74) is 3.61. The molecule has 0 aromatic heterocycles. The number of nitrogens with zero attached hydrogens (tertiary/aromatic N) is 1. The first-order valence-corrected chi connectivity index (χ1v) is 10.5. The molecule has 2 amide bonds. The molecule has 0 aliphatic carbocycles. The third-order valence-corrected chi connectivity index (χ3v) is 5.48. The summed E-state index contributed by atoms with van der Waals surface area (Å²) in [5.74, 6) is -1.49. The molecule has 1 aliphatic rings. The van der Waals surface area contributed by atoms with E-state index in [-0.39, 0.29) is 23.5 Å². The number of imide groups is 1. The normalized spacial score (nSPS) is 14.1. The minimum absolute atomic E-state index is 0.00616. The van der Waals surface area contributed by atoms with Crippen molar-refractivity contribution in [2.45, 2.75) is 26.8 Å². The Labute approximate surface area is 194 Å². The highest BCUT2D eigenvalue weighted by Crippen LogP contribution is 2.33. The summed E-state index contributed by atoms with van der Waals surface area (Å²) >= 11 is 0. The number of benzene rings is 3. The quantitative estimate of drug-likeness (QED) is 0.481. The van der Waals surface area contributed by atoms with Crippen LogP contribution in [0.3, 0.4) is 0 Å². The molecule has 4 rings (SSSR count). The molecule has 0 radical (unpaired) electrons. The summed E-state index contributed by atoms with van der Waals surface area (Å²) in [7, 11) is 0. The van der Waals surface area contributed by atoms with E-state index in [0.717, 1.165) is 33.7 Å². The summed E-state index contributed by atoms with van der Waals surface area (Å²) in [6.07, 6.45) is -4.85. The van der Waals surface area contributed by atoms with Gasteiger partial charge in [-0.15, -0.1) is 13.2 Å². The lowest BCUT2D eigenvalue weighted by Gasteiger charge is -2.15. The van der Waals surface area contributed by atoms with Gasteiger partial charge in [0.15, 0.2) is 0 Å². The lowest BCUT2D eigenvalue weighted by atomic mass is 9.99. The Bertz CT molecular complexity index is 1280. The Morgan fingerprint density at radius 2 is 1.59 bits per heavy atom. The van der Waals surface area contributed by atoms with Crippen molar-refractivity contribution in [1.82, 2.24) is 4.90 Å². The first kappa shape index (κ1) is 23.1. The van der Waals surface area contributed by atoms with E-state index in [1.165, 1.54) is 12.1 Å². The summed E-state index contributed by atoms with van der Waals surface area (Å²) < 4.78 is 41.9. The molecular weight excluding hydrogens is 445 g/mol. The number of hydrogen-bond acceptors (Lipinski definition) is 4. The molecule has 0 atom stereocenters. The number of aryl methyl sites for hydroxylation is 2. The number of alkyl halides is 3. The summed E-state index contributed by atoms with van der Waals surface area (Å²) in [5, 5.41) is 2.87. The molecule has 3 aromatic rings. The molecule has 1 aliphatic heterocycles. The molecule has 0 spiro atoms. The van der Waals surface area contributed by atoms with Gasteiger partial charge >= 0.3 is 6.36 Å². The van der Waals surface area contributed by atoms with Crippen molar-refractivity contribution in [3.05, 3.63) is 101 Å². The fourth-order valence-electron chi connectivity index (χ4n) is 3.68. The van der Waals surface area contributed by atoms with E-state index in [9.17, 15) is 22.8 Å². The second kappa shape index (κ2) is 9.05. The summed E-state index contributed by atoms with van der Waals surface area (Å²) in [6, 6.07) is 19.6. The van der Waals surface area contributed by atoms with Crippen LogP contribution in [0.5, 0.6) is 5.75 Å². The smallest absolute Gasteiger partial charge is 0.406 e. The van der Waals surface area contributed by atoms with Gasteiger partial charge in [0.25, 0.3) is 11.8 Å². The highest BCUT2D eigenvalue weighted by molar-refractivity contribution is 6.36. The molecule has 34 heavy (non-hydrogen) atoms. The number of carbonyl (C=O) groups is 2. The largest absolute Gasteiger partial charge is 0.573 e. The SMILES string of the molecule is Cc1ccc(C2=C(Nc3cccc(OC(F)(F)F)c3)C(=O)N(Cc3ccccc3)C2=O)cc1C. The number of ether oxygens (including phenoxy) is 1. The highest BCUT2D eigenvalue weighted by Gasteiger charge is 2.39. The van der Waals surface area contributed by atoms with Crippen molar-refractivity contribution in [3.8, 4) is 5.75 Å². The van der Waals surface area contributed by atoms with E-state index in [1.54, 1.807) is 18.2 Å². The number of halogens is 3. The molecule has 0 bridgehead atoms. The lowest BCUT2D eigenvalue weighted by Crippen LogP contribution is -2.32. The van der Waals surface area contributed by atoms with Crippen LogP contribution in [0.2, 0.25) is 0 Å². The van der Waals surface area contributed by atoms with Crippen molar-refractivity contribution >= 4 is 23.1 Å². The molecule has 8 heteroatoms. The predicted octanol–water partition coefficient (Wildman–Crippen LogP) is 5.59. The molecule has 1 N–H and O–H groups in total. The number of carbonyl (C=O) groups excluding carboxylic acids is 2. The lowest BCUT2D eigenvalue weighted by molar-refractivity contribution is -0.274. The van der Waals surface area contributed by atoms with E-state index in [0.29, 0.717) is 5.56 Å². The van der Waals surface area contributed by atoms with Crippen LogP contribution >= 0.6 is 0 Å². The van der Waals surface area contributed by atoms with Crippen LogP contribution in [0, 0.1) is 13.8 Å². The Balaban J connectivity index is 1.74. The van der Waals surface area contributed by atoms with Gasteiger partial charge in [-0.1, -0.05) is 54.6 Å². The van der Waals surface area contributed by atoms with Crippen LogP contribution in [0.25, 0.3) is 5.57 Å². The van der Waals surface area contributed by atoms with Crippen LogP contribution in [-0.2, 0) is 16.1 Å². The van der Waals surface area contributed by atoms with Gasteiger partial charge in [0.1, 0.15) is 11.4 Å².